The second-order valence-corrected chi connectivity index (χ2v) is 5.03. The first-order valence-corrected chi connectivity index (χ1v) is 5.60. The minimum Gasteiger partial charge on any atom is -0.468 e. The van der Waals surface area contributed by atoms with E-state index in [4.69, 9.17) is 4.42 Å². The fraction of sp³-hybridized carbons (Fsp3) is 0.636. The smallest absolute Gasteiger partial charge is 0.110 e. The second-order valence-electron chi connectivity index (χ2n) is 4.12. The maximum absolute atomic E-state index is 5.48. The average molecular weight is 245 g/mol. The van der Waals surface area contributed by atoms with Gasteiger partial charge in [0.25, 0.3) is 0 Å². The van der Waals surface area contributed by atoms with E-state index in [0.29, 0.717) is 0 Å². The summed E-state index contributed by atoms with van der Waals surface area (Å²) in [6.07, 6.45) is 5.43. The Labute approximate surface area is 88.6 Å². The lowest BCUT2D eigenvalue weighted by molar-refractivity contribution is 0.356. The van der Waals surface area contributed by atoms with Crippen LogP contribution in [-0.2, 0) is 5.41 Å². The van der Waals surface area contributed by atoms with E-state index in [1.165, 1.54) is 19.3 Å². The summed E-state index contributed by atoms with van der Waals surface area (Å²) >= 11 is 3.40. The van der Waals surface area contributed by atoms with Gasteiger partial charge in [-0.25, -0.2) is 0 Å². The Hall–Kier alpha value is -0.240. The van der Waals surface area contributed by atoms with Gasteiger partial charge in [-0.3, -0.25) is 0 Å². The van der Waals surface area contributed by atoms with Crippen molar-refractivity contribution in [2.24, 2.45) is 0 Å². The van der Waals surface area contributed by atoms with Gasteiger partial charge in [-0.2, -0.15) is 0 Å². The molecule has 0 saturated carbocycles. The lowest BCUT2D eigenvalue weighted by atomic mass is 9.85. The van der Waals surface area contributed by atoms with Crippen LogP contribution >= 0.6 is 15.9 Å². The number of furan rings is 1. The Morgan fingerprint density at radius 2 is 2.15 bits per heavy atom. The van der Waals surface area contributed by atoms with Crippen LogP contribution in [0, 0.1) is 0 Å². The summed E-state index contributed by atoms with van der Waals surface area (Å²) in [6, 6.07) is 2.07. The van der Waals surface area contributed by atoms with Gasteiger partial charge in [-0.15, -0.1) is 0 Å². The first kappa shape index (κ1) is 10.8. The topological polar surface area (TPSA) is 13.1 Å². The molecule has 0 N–H and O–H groups in total. The van der Waals surface area contributed by atoms with Crippen LogP contribution in [0.25, 0.3) is 0 Å². The molecule has 0 unspecified atom stereocenters. The van der Waals surface area contributed by atoms with Crippen molar-refractivity contribution in [3.05, 3.63) is 22.6 Å². The number of hydrogen-bond acceptors (Lipinski definition) is 1. The highest BCUT2D eigenvalue weighted by Crippen LogP contribution is 2.31. The number of unbranched alkanes of at least 4 members (excludes halogenated alkanes) is 1. The molecule has 74 valence electrons. The van der Waals surface area contributed by atoms with Crippen LogP contribution in [0.5, 0.6) is 0 Å². The molecule has 2 heteroatoms. The molecular formula is C11H17BrO. The first-order valence-electron chi connectivity index (χ1n) is 4.81. The molecule has 0 radical (unpaired) electrons. The van der Waals surface area contributed by atoms with E-state index in [0.717, 1.165) is 10.2 Å². The minimum atomic E-state index is 0.169. The molecule has 0 bridgehead atoms. The van der Waals surface area contributed by atoms with E-state index in [1.807, 2.05) is 0 Å². The SMILES string of the molecule is CCCCC(C)(C)c1cc(Br)co1. The number of halogens is 1. The zero-order chi connectivity index (χ0) is 9.90. The third-order valence-corrected chi connectivity index (χ3v) is 2.81. The van der Waals surface area contributed by atoms with Gasteiger partial charge in [0.15, 0.2) is 0 Å². The summed E-state index contributed by atoms with van der Waals surface area (Å²) < 4.78 is 6.51. The van der Waals surface area contributed by atoms with E-state index in [2.05, 4.69) is 42.8 Å². The molecule has 1 nitrogen and oxygen atoms in total. The first-order chi connectivity index (χ1) is 6.06. The summed E-state index contributed by atoms with van der Waals surface area (Å²) in [4.78, 5) is 0. The summed E-state index contributed by atoms with van der Waals surface area (Å²) in [5.74, 6) is 1.08. The maximum atomic E-state index is 5.48. The van der Waals surface area contributed by atoms with Crippen molar-refractivity contribution in [1.82, 2.24) is 0 Å². The highest BCUT2D eigenvalue weighted by molar-refractivity contribution is 9.10. The zero-order valence-electron chi connectivity index (χ0n) is 8.56. The number of rotatable bonds is 4. The van der Waals surface area contributed by atoms with Crippen LogP contribution in [0.1, 0.15) is 45.8 Å². The van der Waals surface area contributed by atoms with Crippen LogP contribution in [0.15, 0.2) is 21.2 Å². The molecule has 1 rings (SSSR count). The van der Waals surface area contributed by atoms with Gasteiger partial charge in [0.1, 0.15) is 12.0 Å². The summed E-state index contributed by atoms with van der Waals surface area (Å²) in [5, 5.41) is 0. The molecule has 0 fully saturated rings. The molecular weight excluding hydrogens is 228 g/mol. The van der Waals surface area contributed by atoms with Crippen LogP contribution in [0.2, 0.25) is 0 Å². The molecule has 13 heavy (non-hydrogen) atoms. The third-order valence-electron chi connectivity index (χ3n) is 2.39. The average Bonchev–Trinajstić information content (AvgIpc) is 2.49. The lowest BCUT2D eigenvalue weighted by Gasteiger charge is -2.21. The molecule has 1 aromatic heterocycles. The van der Waals surface area contributed by atoms with Gasteiger partial charge < -0.3 is 4.42 Å². The van der Waals surface area contributed by atoms with Crippen molar-refractivity contribution in [2.45, 2.75) is 45.4 Å². The Kier molecular flexibility index (Phi) is 3.60. The number of hydrogen-bond donors (Lipinski definition) is 0. The molecule has 1 heterocycles. The van der Waals surface area contributed by atoms with E-state index in [-0.39, 0.29) is 5.41 Å². The van der Waals surface area contributed by atoms with E-state index < -0.39 is 0 Å². The zero-order valence-corrected chi connectivity index (χ0v) is 10.1. The monoisotopic (exact) mass is 244 g/mol. The van der Waals surface area contributed by atoms with Crippen LogP contribution in [0.3, 0.4) is 0 Å². The minimum absolute atomic E-state index is 0.169. The summed E-state index contributed by atoms with van der Waals surface area (Å²) in [7, 11) is 0. The van der Waals surface area contributed by atoms with Gasteiger partial charge in [0.2, 0.25) is 0 Å². The molecule has 0 amide bonds. The molecule has 0 aliphatic heterocycles. The highest BCUT2D eigenvalue weighted by atomic mass is 79.9. The highest BCUT2D eigenvalue weighted by Gasteiger charge is 2.23. The molecule has 0 aromatic carbocycles. The van der Waals surface area contributed by atoms with Gasteiger partial charge in [0, 0.05) is 5.41 Å². The van der Waals surface area contributed by atoms with Crippen molar-refractivity contribution in [1.29, 1.82) is 0 Å². The third kappa shape index (κ3) is 2.87. The molecule has 0 saturated heterocycles. The molecule has 0 atom stereocenters. The van der Waals surface area contributed by atoms with Crippen molar-refractivity contribution in [3.8, 4) is 0 Å². The van der Waals surface area contributed by atoms with Crippen molar-refractivity contribution >= 4 is 15.9 Å². The van der Waals surface area contributed by atoms with Crippen molar-refractivity contribution in [2.75, 3.05) is 0 Å². The van der Waals surface area contributed by atoms with Crippen LogP contribution < -0.4 is 0 Å². The van der Waals surface area contributed by atoms with Crippen LogP contribution in [-0.4, -0.2) is 0 Å². The summed E-state index contributed by atoms with van der Waals surface area (Å²) in [6.45, 7) is 6.68. The lowest BCUT2D eigenvalue weighted by Crippen LogP contribution is -2.15. The van der Waals surface area contributed by atoms with E-state index in [9.17, 15) is 0 Å². The quantitative estimate of drug-likeness (QED) is 0.760. The Morgan fingerprint density at radius 3 is 2.62 bits per heavy atom. The normalized spacial score (nSPS) is 12.0. The fourth-order valence-corrected chi connectivity index (χ4v) is 1.71. The largest absolute Gasteiger partial charge is 0.468 e. The van der Waals surface area contributed by atoms with Crippen molar-refractivity contribution in [3.63, 3.8) is 0 Å². The Bertz CT molecular complexity index is 263. The molecule has 1 aromatic rings. The second kappa shape index (κ2) is 4.32. The van der Waals surface area contributed by atoms with Gasteiger partial charge in [0.05, 0.1) is 4.47 Å². The van der Waals surface area contributed by atoms with Crippen molar-refractivity contribution < 1.29 is 4.42 Å². The van der Waals surface area contributed by atoms with E-state index >= 15 is 0 Å². The Balaban J connectivity index is 2.68. The molecule has 0 spiro atoms. The fourth-order valence-electron chi connectivity index (χ4n) is 1.41. The predicted molar refractivity (Wildman–Crippen MR) is 59.0 cm³/mol. The maximum Gasteiger partial charge on any atom is 0.110 e. The Morgan fingerprint density at radius 1 is 1.46 bits per heavy atom. The van der Waals surface area contributed by atoms with Gasteiger partial charge >= 0.3 is 0 Å². The van der Waals surface area contributed by atoms with Crippen LogP contribution in [0.4, 0.5) is 0 Å². The van der Waals surface area contributed by atoms with Gasteiger partial charge in [-0.1, -0.05) is 33.6 Å². The van der Waals surface area contributed by atoms with E-state index in [1.54, 1.807) is 6.26 Å². The summed E-state index contributed by atoms with van der Waals surface area (Å²) in [5.41, 5.74) is 0.169. The van der Waals surface area contributed by atoms with Gasteiger partial charge in [-0.05, 0) is 28.4 Å². The standard InChI is InChI=1S/C11H17BrO/c1-4-5-6-11(2,3)10-7-9(12)8-13-10/h7-8H,4-6H2,1-3H3. The molecule has 0 aliphatic carbocycles. The molecule has 0 aliphatic rings. The predicted octanol–water partition coefficient (Wildman–Crippen LogP) is 4.51.